The van der Waals surface area contributed by atoms with Gasteiger partial charge in [0.1, 0.15) is 5.70 Å². The molecule has 1 amide bonds. The fourth-order valence-electron chi connectivity index (χ4n) is 2.40. The molecular formula is C20H21NO6. The van der Waals surface area contributed by atoms with Crippen LogP contribution in [0.4, 0.5) is 0 Å². The van der Waals surface area contributed by atoms with Gasteiger partial charge in [-0.1, -0.05) is 17.7 Å². The molecule has 0 radical (unpaired) electrons. The van der Waals surface area contributed by atoms with Crippen LogP contribution in [0, 0.1) is 6.92 Å². The van der Waals surface area contributed by atoms with Gasteiger partial charge in [-0.05, 0) is 42.8 Å². The van der Waals surface area contributed by atoms with E-state index in [0.717, 1.165) is 5.56 Å². The van der Waals surface area contributed by atoms with Crippen LogP contribution in [0.15, 0.2) is 42.1 Å². The summed E-state index contributed by atoms with van der Waals surface area (Å²) < 4.78 is 15.7. The van der Waals surface area contributed by atoms with Crippen molar-refractivity contribution in [2.45, 2.75) is 6.92 Å². The molecule has 142 valence electrons. The number of hydrogen-bond donors (Lipinski definition) is 2. The van der Waals surface area contributed by atoms with Crippen LogP contribution in [0.5, 0.6) is 17.2 Å². The Morgan fingerprint density at radius 2 is 1.52 bits per heavy atom. The lowest BCUT2D eigenvalue weighted by Gasteiger charge is -2.13. The molecule has 0 fully saturated rings. The Bertz CT molecular complexity index is 846. The van der Waals surface area contributed by atoms with Crippen molar-refractivity contribution in [3.8, 4) is 17.2 Å². The van der Waals surface area contributed by atoms with Gasteiger partial charge < -0.3 is 24.6 Å². The summed E-state index contributed by atoms with van der Waals surface area (Å²) in [4.78, 5) is 23.9. The van der Waals surface area contributed by atoms with Crippen LogP contribution in [0.2, 0.25) is 0 Å². The zero-order valence-electron chi connectivity index (χ0n) is 15.5. The smallest absolute Gasteiger partial charge is 0.352 e. The molecule has 0 saturated heterocycles. The molecule has 2 aromatic rings. The van der Waals surface area contributed by atoms with E-state index < -0.39 is 11.9 Å². The molecule has 2 N–H and O–H groups in total. The van der Waals surface area contributed by atoms with E-state index in [9.17, 15) is 14.7 Å². The Balaban J connectivity index is 2.38. The highest BCUT2D eigenvalue weighted by atomic mass is 16.5. The summed E-state index contributed by atoms with van der Waals surface area (Å²) in [5, 5.41) is 11.9. The molecule has 0 spiro atoms. The molecule has 7 heteroatoms. The summed E-state index contributed by atoms with van der Waals surface area (Å²) in [5.41, 5.74) is 1.54. The second kappa shape index (κ2) is 8.75. The Morgan fingerprint density at radius 3 is 1.96 bits per heavy atom. The zero-order chi connectivity index (χ0) is 20.0. The number of methoxy groups -OCH3 is 3. The number of aliphatic carboxylic acids is 1. The van der Waals surface area contributed by atoms with Crippen molar-refractivity contribution in [3.63, 3.8) is 0 Å². The highest BCUT2D eigenvalue weighted by molar-refractivity contribution is 6.02. The van der Waals surface area contributed by atoms with Gasteiger partial charge >= 0.3 is 5.97 Å². The first-order valence-electron chi connectivity index (χ1n) is 8.02. The molecule has 0 aromatic heterocycles. The molecule has 2 aromatic carbocycles. The first kappa shape index (κ1) is 19.8. The van der Waals surface area contributed by atoms with Crippen LogP contribution in [0.1, 0.15) is 21.5 Å². The van der Waals surface area contributed by atoms with Gasteiger partial charge in [-0.2, -0.15) is 0 Å². The largest absolute Gasteiger partial charge is 0.493 e. The Labute approximate surface area is 157 Å². The Hall–Kier alpha value is -3.48. The molecule has 0 bridgehead atoms. The lowest BCUT2D eigenvalue weighted by Crippen LogP contribution is -2.27. The maximum atomic E-state index is 12.3. The van der Waals surface area contributed by atoms with Crippen molar-refractivity contribution in [2.24, 2.45) is 0 Å². The van der Waals surface area contributed by atoms with E-state index >= 15 is 0 Å². The van der Waals surface area contributed by atoms with E-state index in [2.05, 4.69) is 5.32 Å². The number of benzene rings is 2. The van der Waals surface area contributed by atoms with Gasteiger partial charge in [-0.15, -0.1) is 0 Å². The molecule has 0 unspecified atom stereocenters. The van der Waals surface area contributed by atoms with Crippen molar-refractivity contribution in [1.82, 2.24) is 5.32 Å². The molecular weight excluding hydrogens is 350 g/mol. The highest BCUT2D eigenvalue weighted by Gasteiger charge is 2.16. The van der Waals surface area contributed by atoms with Gasteiger partial charge in [-0.3, -0.25) is 4.79 Å². The van der Waals surface area contributed by atoms with Gasteiger partial charge in [-0.25, -0.2) is 4.79 Å². The maximum Gasteiger partial charge on any atom is 0.352 e. The zero-order valence-corrected chi connectivity index (χ0v) is 15.5. The van der Waals surface area contributed by atoms with E-state index in [-0.39, 0.29) is 5.70 Å². The lowest BCUT2D eigenvalue weighted by atomic mass is 10.1. The van der Waals surface area contributed by atoms with Crippen LogP contribution in [0.25, 0.3) is 6.08 Å². The van der Waals surface area contributed by atoms with Crippen LogP contribution in [-0.2, 0) is 4.79 Å². The minimum absolute atomic E-state index is 0.283. The number of aryl methyl sites for hydroxylation is 1. The number of carboxylic acid groups (broad SMARTS) is 1. The number of hydrogen-bond acceptors (Lipinski definition) is 5. The number of rotatable bonds is 7. The average Bonchev–Trinajstić information content (AvgIpc) is 2.66. The van der Waals surface area contributed by atoms with Crippen LogP contribution in [0.3, 0.4) is 0 Å². The minimum atomic E-state index is -1.27. The van der Waals surface area contributed by atoms with E-state index in [0.29, 0.717) is 28.4 Å². The van der Waals surface area contributed by atoms with Gasteiger partial charge in [0.2, 0.25) is 5.75 Å². The van der Waals surface area contributed by atoms with Crippen molar-refractivity contribution in [3.05, 3.63) is 58.8 Å². The molecule has 0 saturated carbocycles. The van der Waals surface area contributed by atoms with Crippen molar-refractivity contribution >= 4 is 18.0 Å². The molecule has 0 aliphatic rings. The predicted molar refractivity (Wildman–Crippen MR) is 100 cm³/mol. The number of carbonyl (C=O) groups excluding carboxylic acids is 1. The lowest BCUT2D eigenvalue weighted by molar-refractivity contribution is -0.132. The van der Waals surface area contributed by atoms with Crippen molar-refractivity contribution in [2.75, 3.05) is 21.3 Å². The quantitative estimate of drug-likeness (QED) is 0.727. The third kappa shape index (κ3) is 4.78. The summed E-state index contributed by atoms with van der Waals surface area (Å²) in [5.74, 6) is -0.659. The van der Waals surface area contributed by atoms with E-state index in [1.165, 1.54) is 27.4 Å². The summed E-state index contributed by atoms with van der Waals surface area (Å²) in [6.07, 6.45) is 1.32. The van der Waals surface area contributed by atoms with Gasteiger partial charge in [0, 0.05) is 5.56 Å². The molecule has 7 nitrogen and oxygen atoms in total. The standard InChI is InChI=1S/C20H21NO6/c1-12-5-7-14(8-6-12)19(22)21-15(20(23)24)9-13-10-16(25-2)18(27-4)17(11-13)26-3/h5-11H,1-4H3,(H,21,22)(H,23,24)/b15-9+. The fraction of sp³-hybridized carbons (Fsp3) is 0.200. The summed E-state index contributed by atoms with van der Waals surface area (Å²) in [7, 11) is 4.39. The van der Waals surface area contributed by atoms with Crippen LogP contribution >= 0.6 is 0 Å². The Morgan fingerprint density at radius 1 is 0.963 bits per heavy atom. The minimum Gasteiger partial charge on any atom is -0.493 e. The SMILES string of the molecule is COc1cc(/C=C(/NC(=O)c2ccc(C)cc2)C(=O)O)cc(OC)c1OC. The highest BCUT2D eigenvalue weighted by Crippen LogP contribution is 2.38. The third-order valence-corrected chi connectivity index (χ3v) is 3.79. The molecule has 2 rings (SSSR count). The van der Waals surface area contributed by atoms with Crippen molar-refractivity contribution < 1.29 is 28.9 Å². The summed E-state index contributed by atoms with van der Waals surface area (Å²) in [6.45, 7) is 1.90. The number of ether oxygens (including phenoxy) is 3. The molecule has 0 atom stereocenters. The monoisotopic (exact) mass is 371 g/mol. The number of amides is 1. The summed E-state index contributed by atoms with van der Waals surface area (Å²) in [6, 6.07) is 9.98. The normalized spacial score (nSPS) is 10.9. The van der Waals surface area contributed by atoms with E-state index in [1.807, 2.05) is 6.92 Å². The maximum absolute atomic E-state index is 12.3. The first-order chi connectivity index (χ1) is 12.9. The van der Waals surface area contributed by atoms with Gasteiger partial charge in [0.15, 0.2) is 11.5 Å². The fourth-order valence-corrected chi connectivity index (χ4v) is 2.40. The predicted octanol–water partition coefficient (Wildman–Crippen LogP) is 2.88. The molecule has 0 heterocycles. The molecule has 27 heavy (non-hydrogen) atoms. The molecule has 0 aliphatic heterocycles. The number of nitrogens with one attached hydrogen (secondary N) is 1. The topological polar surface area (TPSA) is 94.1 Å². The average molecular weight is 371 g/mol. The van der Waals surface area contributed by atoms with Gasteiger partial charge in [0.25, 0.3) is 5.91 Å². The summed E-state index contributed by atoms with van der Waals surface area (Å²) >= 11 is 0. The second-order valence-electron chi connectivity index (χ2n) is 5.64. The third-order valence-electron chi connectivity index (χ3n) is 3.79. The molecule has 0 aliphatic carbocycles. The van der Waals surface area contributed by atoms with Crippen LogP contribution in [-0.4, -0.2) is 38.3 Å². The van der Waals surface area contributed by atoms with Crippen LogP contribution < -0.4 is 19.5 Å². The van der Waals surface area contributed by atoms with Crippen molar-refractivity contribution in [1.29, 1.82) is 0 Å². The number of carbonyl (C=O) groups is 2. The Kier molecular flexibility index (Phi) is 6.43. The first-order valence-corrected chi connectivity index (χ1v) is 8.02. The number of carboxylic acids is 1. The second-order valence-corrected chi connectivity index (χ2v) is 5.64. The van der Waals surface area contributed by atoms with Gasteiger partial charge in [0.05, 0.1) is 21.3 Å². The van der Waals surface area contributed by atoms with E-state index in [4.69, 9.17) is 14.2 Å². The van der Waals surface area contributed by atoms with E-state index in [1.54, 1.807) is 36.4 Å².